The molecule has 3 aromatic carbocycles. The summed E-state index contributed by atoms with van der Waals surface area (Å²) in [5.41, 5.74) is 2.67. The number of carbonyl (C=O) groups excluding carboxylic acids is 1. The highest BCUT2D eigenvalue weighted by molar-refractivity contribution is 7.92. The first-order valence-corrected chi connectivity index (χ1v) is 10.4. The molecule has 0 heterocycles. The molecule has 0 unspecified atom stereocenters. The molecule has 0 saturated carbocycles. The molecule has 2 N–H and O–H groups in total. The second-order valence-corrected chi connectivity index (χ2v) is 8.12. The maximum absolute atomic E-state index is 12.6. The minimum atomic E-state index is -3.71. The molecule has 3 rings (SSSR count). The van der Waals surface area contributed by atoms with Crippen molar-refractivity contribution in [2.45, 2.75) is 18.2 Å². The molecule has 28 heavy (non-hydrogen) atoms. The molecular weight excluding hydrogens is 372 g/mol. The number of anilines is 1. The van der Waals surface area contributed by atoms with Crippen LogP contribution in [-0.4, -0.2) is 20.9 Å². The third-order valence-electron chi connectivity index (χ3n) is 4.34. The van der Waals surface area contributed by atoms with E-state index in [9.17, 15) is 13.2 Å². The van der Waals surface area contributed by atoms with Gasteiger partial charge in [0.15, 0.2) is 0 Å². The van der Waals surface area contributed by atoms with Crippen LogP contribution in [0.5, 0.6) is 0 Å². The van der Waals surface area contributed by atoms with Gasteiger partial charge in [-0.15, -0.1) is 0 Å². The number of nitrogens with one attached hydrogen (secondary N) is 2. The van der Waals surface area contributed by atoms with Crippen LogP contribution in [0.1, 0.15) is 21.5 Å². The topological polar surface area (TPSA) is 75.3 Å². The Hall–Kier alpha value is -3.12. The van der Waals surface area contributed by atoms with Crippen molar-refractivity contribution in [2.24, 2.45) is 0 Å². The molecule has 0 aliphatic heterocycles. The molecule has 0 radical (unpaired) electrons. The van der Waals surface area contributed by atoms with E-state index in [-0.39, 0.29) is 10.8 Å². The van der Waals surface area contributed by atoms with Crippen LogP contribution in [0.4, 0.5) is 5.69 Å². The van der Waals surface area contributed by atoms with Crippen molar-refractivity contribution in [2.75, 3.05) is 11.3 Å². The molecule has 0 aliphatic carbocycles. The summed E-state index contributed by atoms with van der Waals surface area (Å²) in [7, 11) is -3.71. The van der Waals surface area contributed by atoms with Gasteiger partial charge >= 0.3 is 0 Å². The van der Waals surface area contributed by atoms with Gasteiger partial charge in [-0.3, -0.25) is 9.52 Å². The molecule has 0 saturated heterocycles. The molecule has 1 amide bonds. The number of sulfonamides is 1. The Morgan fingerprint density at radius 2 is 1.54 bits per heavy atom. The average molecular weight is 394 g/mol. The molecule has 6 heteroatoms. The van der Waals surface area contributed by atoms with Crippen molar-refractivity contribution in [1.29, 1.82) is 0 Å². The van der Waals surface area contributed by atoms with Gasteiger partial charge in [-0.25, -0.2) is 8.42 Å². The maximum atomic E-state index is 12.6. The molecular formula is C22H22N2O3S. The third kappa shape index (κ3) is 4.98. The standard InChI is InChI=1S/C22H22N2O3S/c1-17-12-13-19(22(25)23-15-14-18-8-4-2-5-9-18)16-21(17)24-28(26,27)20-10-6-3-7-11-20/h2-13,16,24H,14-15H2,1H3,(H,23,25). The molecule has 0 atom stereocenters. The lowest BCUT2D eigenvalue weighted by atomic mass is 10.1. The van der Waals surface area contributed by atoms with E-state index < -0.39 is 10.0 Å². The summed E-state index contributed by atoms with van der Waals surface area (Å²) < 4.78 is 27.7. The van der Waals surface area contributed by atoms with Crippen LogP contribution < -0.4 is 10.0 Å². The minimum Gasteiger partial charge on any atom is -0.352 e. The van der Waals surface area contributed by atoms with E-state index in [1.807, 2.05) is 30.3 Å². The molecule has 3 aromatic rings. The van der Waals surface area contributed by atoms with Crippen molar-refractivity contribution >= 4 is 21.6 Å². The second-order valence-electron chi connectivity index (χ2n) is 6.44. The van der Waals surface area contributed by atoms with E-state index in [0.717, 1.165) is 17.5 Å². The number of amides is 1. The zero-order chi connectivity index (χ0) is 20.0. The number of rotatable bonds is 7. The lowest BCUT2D eigenvalue weighted by Gasteiger charge is -2.12. The first kappa shape index (κ1) is 19.6. The summed E-state index contributed by atoms with van der Waals surface area (Å²) in [5, 5.41) is 2.87. The van der Waals surface area contributed by atoms with Gasteiger partial charge in [0.05, 0.1) is 10.6 Å². The molecule has 0 aliphatic rings. The smallest absolute Gasteiger partial charge is 0.261 e. The second kappa shape index (κ2) is 8.71. The van der Waals surface area contributed by atoms with Crippen LogP contribution >= 0.6 is 0 Å². The highest BCUT2D eigenvalue weighted by Gasteiger charge is 2.16. The van der Waals surface area contributed by atoms with Crippen molar-refractivity contribution in [3.05, 3.63) is 95.6 Å². The van der Waals surface area contributed by atoms with Crippen LogP contribution in [0.3, 0.4) is 0 Å². The number of carbonyl (C=O) groups is 1. The van der Waals surface area contributed by atoms with Crippen molar-refractivity contribution < 1.29 is 13.2 Å². The fourth-order valence-electron chi connectivity index (χ4n) is 2.74. The first-order valence-electron chi connectivity index (χ1n) is 8.96. The van der Waals surface area contributed by atoms with Crippen LogP contribution in [-0.2, 0) is 16.4 Å². The number of hydrogen-bond acceptors (Lipinski definition) is 3. The zero-order valence-corrected chi connectivity index (χ0v) is 16.4. The highest BCUT2D eigenvalue weighted by atomic mass is 32.2. The Bertz CT molecular complexity index is 1050. The Labute approximate surface area is 165 Å². The fraction of sp³-hybridized carbons (Fsp3) is 0.136. The monoisotopic (exact) mass is 394 g/mol. The van der Waals surface area contributed by atoms with Crippen LogP contribution in [0, 0.1) is 6.92 Å². The van der Waals surface area contributed by atoms with Gasteiger partial charge in [0, 0.05) is 12.1 Å². The molecule has 0 fully saturated rings. The molecule has 5 nitrogen and oxygen atoms in total. The van der Waals surface area contributed by atoms with Crippen molar-refractivity contribution in [3.63, 3.8) is 0 Å². The summed E-state index contributed by atoms with van der Waals surface area (Å²) in [6.07, 6.45) is 0.728. The summed E-state index contributed by atoms with van der Waals surface area (Å²) in [6, 6.07) is 23.0. The number of hydrogen-bond donors (Lipinski definition) is 2. The lowest BCUT2D eigenvalue weighted by molar-refractivity contribution is 0.0954. The van der Waals surface area contributed by atoms with E-state index in [4.69, 9.17) is 0 Å². The van der Waals surface area contributed by atoms with Gasteiger partial charge in [0.25, 0.3) is 15.9 Å². The van der Waals surface area contributed by atoms with Crippen LogP contribution in [0.25, 0.3) is 0 Å². The zero-order valence-electron chi connectivity index (χ0n) is 15.6. The summed E-state index contributed by atoms with van der Waals surface area (Å²) in [6.45, 7) is 2.29. The summed E-state index contributed by atoms with van der Waals surface area (Å²) >= 11 is 0. The van der Waals surface area contributed by atoms with Gasteiger partial charge in [0.1, 0.15) is 0 Å². The Kier molecular flexibility index (Phi) is 6.11. The third-order valence-corrected chi connectivity index (χ3v) is 5.72. The summed E-state index contributed by atoms with van der Waals surface area (Å²) in [5.74, 6) is -0.240. The first-order chi connectivity index (χ1) is 13.5. The van der Waals surface area contributed by atoms with Gasteiger partial charge in [-0.2, -0.15) is 0 Å². The van der Waals surface area contributed by atoms with E-state index >= 15 is 0 Å². The fourth-order valence-corrected chi connectivity index (χ4v) is 3.89. The Morgan fingerprint density at radius 3 is 2.21 bits per heavy atom. The average Bonchev–Trinajstić information content (AvgIpc) is 2.71. The highest BCUT2D eigenvalue weighted by Crippen LogP contribution is 2.21. The lowest BCUT2D eigenvalue weighted by Crippen LogP contribution is -2.26. The predicted octanol–water partition coefficient (Wildman–Crippen LogP) is 3.77. The minimum absolute atomic E-state index is 0.173. The van der Waals surface area contributed by atoms with Crippen LogP contribution in [0.15, 0.2) is 83.8 Å². The van der Waals surface area contributed by atoms with Crippen LogP contribution in [0.2, 0.25) is 0 Å². The SMILES string of the molecule is Cc1ccc(C(=O)NCCc2ccccc2)cc1NS(=O)(=O)c1ccccc1. The van der Waals surface area contributed by atoms with Gasteiger partial charge in [0.2, 0.25) is 0 Å². The maximum Gasteiger partial charge on any atom is 0.261 e. The molecule has 0 aromatic heterocycles. The number of aryl methyl sites for hydroxylation is 1. The van der Waals surface area contributed by atoms with Gasteiger partial charge in [-0.05, 0) is 48.7 Å². The van der Waals surface area contributed by atoms with Crippen molar-refractivity contribution in [1.82, 2.24) is 5.32 Å². The van der Waals surface area contributed by atoms with E-state index in [2.05, 4.69) is 10.0 Å². The summed E-state index contributed by atoms with van der Waals surface area (Å²) in [4.78, 5) is 12.6. The molecule has 0 bridgehead atoms. The normalized spacial score (nSPS) is 11.0. The largest absolute Gasteiger partial charge is 0.352 e. The van der Waals surface area contributed by atoms with Gasteiger partial charge < -0.3 is 5.32 Å². The van der Waals surface area contributed by atoms with Crippen molar-refractivity contribution in [3.8, 4) is 0 Å². The quantitative estimate of drug-likeness (QED) is 0.641. The number of benzene rings is 3. The molecule has 0 spiro atoms. The Balaban J connectivity index is 1.69. The van der Waals surface area contributed by atoms with Gasteiger partial charge in [-0.1, -0.05) is 54.6 Å². The van der Waals surface area contributed by atoms with E-state index in [1.54, 1.807) is 43.3 Å². The van der Waals surface area contributed by atoms with E-state index in [1.165, 1.54) is 12.1 Å². The Morgan fingerprint density at radius 1 is 0.893 bits per heavy atom. The van der Waals surface area contributed by atoms with E-state index in [0.29, 0.717) is 17.8 Å². The predicted molar refractivity (Wildman–Crippen MR) is 111 cm³/mol. The molecule has 144 valence electrons.